The van der Waals surface area contributed by atoms with Crippen LogP contribution in [0.15, 0.2) is 84.9 Å². The van der Waals surface area contributed by atoms with Gasteiger partial charge in [0.25, 0.3) is 0 Å². The molecule has 0 heterocycles. The van der Waals surface area contributed by atoms with Gasteiger partial charge in [0.15, 0.2) is 0 Å². The minimum Gasteiger partial charge on any atom is -0.0654 e. The van der Waals surface area contributed by atoms with Gasteiger partial charge in [-0.3, -0.25) is 0 Å². The molecule has 572 valence electrons. The number of hydrogen-bond donors (Lipinski definition) is 0. The first-order valence-corrected chi connectivity index (χ1v) is 43.9. The van der Waals surface area contributed by atoms with Gasteiger partial charge in [0.1, 0.15) is 0 Å². The van der Waals surface area contributed by atoms with Crippen molar-refractivity contribution in [3.63, 3.8) is 0 Å². The standard InChI is InChI=1S/C30H38.C26H46.C24H42.C22H38/c1-4-7-16-26-23-27(17-8-5-2)30(25-20-14-11-15-21-25)28(22-9-6-3)29(26)24-18-12-10-13-19-24;1-10-13-16-20-19-21(17-14-11-2)24(26(7,8)9)22(18-15-12-3)23(20)25(4,5)6;1-8-11-14-20-17-21(15-12-9-2)24(19(6)7)22(16-13-10-3)23(20)18(4)5;1-6-11-14-18-17-19(15-12-7-2)21(10-5)22(16-13-8-3)20(18)9-4/h10-15,18-21,23H,4-9,16-17,22H2,1-3H3;19H,10-18H2,1-9H3;17-19H,8-16H2,1-7H3;17H,6-16H2,1-5H3. The molecule has 0 aliphatic rings. The summed E-state index contributed by atoms with van der Waals surface area (Å²) in [6, 6.07) is 32.6. The summed E-state index contributed by atoms with van der Waals surface area (Å²) in [5, 5.41) is 0. The topological polar surface area (TPSA) is 0 Å². The molecule has 0 radical (unpaired) electrons. The van der Waals surface area contributed by atoms with Crippen LogP contribution in [-0.4, -0.2) is 0 Å². The van der Waals surface area contributed by atoms with Gasteiger partial charge >= 0.3 is 0 Å². The first-order chi connectivity index (χ1) is 49.1. The zero-order valence-electron chi connectivity index (χ0n) is 72.1. The third-order valence-corrected chi connectivity index (χ3v) is 21.7. The molecule has 6 aromatic rings. The largest absolute Gasteiger partial charge is 0.0654 e. The zero-order valence-corrected chi connectivity index (χ0v) is 72.1. The smallest absolute Gasteiger partial charge is 0.0113 e. The average Bonchev–Trinajstić information content (AvgIpc) is 0.787. The van der Waals surface area contributed by atoms with E-state index >= 15 is 0 Å². The Kier molecular flexibility index (Phi) is 45.5. The molecular weight excluding hydrogens is 1230 g/mol. The van der Waals surface area contributed by atoms with Crippen molar-refractivity contribution in [1.82, 2.24) is 0 Å². The fraction of sp³-hybridized carbons (Fsp3) is 0.647. The first kappa shape index (κ1) is 91.5. The minimum absolute atomic E-state index is 0.218. The summed E-state index contributed by atoms with van der Waals surface area (Å²) in [7, 11) is 0. The Morgan fingerprint density at radius 1 is 0.235 bits per heavy atom. The lowest BCUT2D eigenvalue weighted by atomic mass is 9.70. The molecule has 102 heavy (non-hydrogen) atoms. The Hall–Kier alpha value is -4.68. The van der Waals surface area contributed by atoms with Gasteiger partial charge in [-0.25, -0.2) is 0 Å². The van der Waals surface area contributed by atoms with Gasteiger partial charge in [0.2, 0.25) is 0 Å². The zero-order chi connectivity index (χ0) is 75.6. The average molecular weight is 1390 g/mol. The maximum Gasteiger partial charge on any atom is -0.0113 e. The lowest BCUT2D eigenvalue weighted by Gasteiger charge is -2.35. The van der Waals surface area contributed by atoms with Gasteiger partial charge in [-0.05, 0) is 312 Å². The molecular formula is C102H164. The summed E-state index contributed by atoms with van der Waals surface area (Å²) in [6.07, 6.45) is 48.2. The minimum atomic E-state index is 0.218. The van der Waals surface area contributed by atoms with E-state index in [0.717, 1.165) is 6.42 Å². The predicted octanol–water partition coefficient (Wildman–Crippen LogP) is 32.2. The van der Waals surface area contributed by atoms with Crippen molar-refractivity contribution < 1.29 is 0 Å². The second kappa shape index (κ2) is 50.7. The van der Waals surface area contributed by atoms with E-state index in [0.29, 0.717) is 11.8 Å². The van der Waals surface area contributed by atoms with E-state index in [-0.39, 0.29) is 10.8 Å². The highest BCUT2D eigenvalue weighted by molar-refractivity contribution is 5.83. The molecule has 0 nitrogen and oxygen atoms in total. The Morgan fingerprint density at radius 2 is 0.471 bits per heavy atom. The molecule has 6 rings (SSSR count). The van der Waals surface area contributed by atoms with Crippen LogP contribution in [0.5, 0.6) is 0 Å². The van der Waals surface area contributed by atoms with Crippen molar-refractivity contribution in [3.05, 3.63) is 185 Å². The summed E-state index contributed by atoms with van der Waals surface area (Å²) in [4.78, 5) is 0. The van der Waals surface area contributed by atoms with Crippen LogP contribution in [0.3, 0.4) is 0 Å². The van der Waals surface area contributed by atoms with E-state index in [2.05, 4.69) is 251 Å². The fourth-order valence-electron chi connectivity index (χ4n) is 16.8. The Labute approximate surface area is 636 Å². The van der Waals surface area contributed by atoms with Crippen molar-refractivity contribution in [1.29, 1.82) is 0 Å². The van der Waals surface area contributed by atoms with E-state index in [1.807, 2.05) is 0 Å². The molecule has 0 aromatic heterocycles. The van der Waals surface area contributed by atoms with E-state index in [1.165, 1.54) is 260 Å². The molecule has 0 atom stereocenters. The number of rotatable bonds is 42. The van der Waals surface area contributed by atoms with Gasteiger partial charge < -0.3 is 0 Å². The van der Waals surface area contributed by atoms with Gasteiger partial charge in [-0.2, -0.15) is 0 Å². The molecule has 0 unspecified atom stereocenters. The summed E-state index contributed by atoms with van der Waals surface area (Å²) >= 11 is 0. The van der Waals surface area contributed by atoms with E-state index < -0.39 is 0 Å². The van der Waals surface area contributed by atoms with E-state index in [9.17, 15) is 0 Å². The van der Waals surface area contributed by atoms with Crippen LogP contribution in [0.1, 0.15) is 432 Å². The molecule has 0 saturated heterocycles. The van der Waals surface area contributed by atoms with Gasteiger partial charge in [0.05, 0.1) is 0 Å². The van der Waals surface area contributed by atoms with Crippen molar-refractivity contribution in [3.8, 4) is 22.3 Å². The molecule has 0 aliphatic heterocycles. The predicted molar refractivity (Wildman–Crippen MR) is 464 cm³/mol. The molecule has 0 fully saturated rings. The Balaban J connectivity index is 0.000000356. The van der Waals surface area contributed by atoms with E-state index in [4.69, 9.17) is 0 Å². The third kappa shape index (κ3) is 28.9. The quantitative estimate of drug-likeness (QED) is 0.0358. The second-order valence-corrected chi connectivity index (χ2v) is 33.5. The highest BCUT2D eigenvalue weighted by Crippen LogP contribution is 2.44. The maximum atomic E-state index is 2.61. The second-order valence-electron chi connectivity index (χ2n) is 33.5. The van der Waals surface area contributed by atoms with Crippen LogP contribution in [0, 0.1) is 0 Å². The molecule has 0 spiro atoms. The summed E-state index contributed by atoms with van der Waals surface area (Å²) < 4.78 is 0. The van der Waals surface area contributed by atoms with Crippen molar-refractivity contribution in [2.24, 2.45) is 0 Å². The number of unbranched alkanes of at least 4 members (excludes halogenated alkanes) is 12. The fourth-order valence-corrected chi connectivity index (χ4v) is 16.8. The molecule has 6 aromatic carbocycles. The molecule has 0 saturated carbocycles. The van der Waals surface area contributed by atoms with Crippen molar-refractivity contribution in [2.45, 2.75) is 433 Å². The normalized spacial score (nSPS) is 11.6. The Bertz CT molecular complexity index is 3010. The lowest BCUT2D eigenvalue weighted by molar-refractivity contribution is 0.537. The lowest BCUT2D eigenvalue weighted by Crippen LogP contribution is -2.25. The van der Waals surface area contributed by atoms with Crippen molar-refractivity contribution in [2.75, 3.05) is 0 Å². The summed E-state index contributed by atoms with van der Waals surface area (Å²) in [5.74, 6) is 1.28. The Morgan fingerprint density at radius 3 is 0.765 bits per heavy atom. The maximum absolute atomic E-state index is 2.61. The number of benzene rings is 6. The third-order valence-electron chi connectivity index (χ3n) is 21.7. The van der Waals surface area contributed by atoms with Crippen LogP contribution in [0.25, 0.3) is 22.3 Å². The molecule has 0 bridgehead atoms. The summed E-state index contributed by atoms with van der Waals surface area (Å²) in [5.41, 5.74) is 36.1. The molecule has 0 amide bonds. The van der Waals surface area contributed by atoms with Crippen LogP contribution in [0.2, 0.25) is 0 Å². The highest BCUT2D eigenvalue weighted by Gasteiger charge is 2.31. The SMILES string of the molecule is CCCCc1cc(CCCC)c(-c2ccccc2)c(CCCC)c1-c1ccccc1.CCCCc1cc(CCCC)c(C(C)(C)C)c(CCCC)c1C(C)(C)C.CCCCc1cc(CCCC)c(C(C)C)c(CCCC)c1C(C)C.CCCCc1cc(CCCC)c(CC)c(CCCC)c1CC. The number of aryl methyl sites for hydroxylation is 8. The van der Waals surface area contributed by atoms with Gasteiger partial charge in [-0.1, -0.05) is 328 Å². The van der Waals surface area contributed by atoms with Crippen molar-refractivity contribution >= 4 is 0 Å². The molecule has 0 N–H and O–H groups in total. The summed E-state index contributed by atoms with van der Waals surface area (Å²) in [6.45, 7) is 56.6. The monoisotopic (exact) mass is 1390 g/mol. The van der Waals surface area contributed by atoms with Crippen LogP contribution in [-0.2, 0) is 101 Å². The van der Waals surface area contributed by atoms with Crippen LogP contribution < -0.4 is 0 Å². The van der Waals surface area contributed by atoms with E-state index in [1.54, 1.807) is 100 Å². The molecule has 0 heteroatoms. The number of hydrogen-bond acceptors (Lipinski definition) is 0. The highest BCUT2D eigenvalue weighted by atomic mass is 14.4. The van der Waals surface area contributed by atoms with Gasteiger partial charge in [-0.15, -0.1) is 0 Å². The van der Waals surface area contributed by atoms with Crippen LogP contribution >= 0.6 is 0 Å². The first-order valence-electron chi connectivity index (χ1n) is 43.9. The van der Waals surface area contributed by atoms with Gasteiger partial charge in [0, 0.05) is 0 Å². The molecule has 0 aliphatic carbocycles. The van der Waals surface area contributed by atoms with Crippen LogP contribution in [0.4, 0.5) is 0 Å².